The van der Waals surface area contributed by atoms with Crippen molar-refractivity contribution in [2.24, 2.45) is 0 Å². The van der Waals surface area contributed by atoms with Crippen LogP contribution in [0.4, 0.5) is 16.2 Å². The van der Waals surface area contributed by atoms with Gasteiger partial charge in [-0.1, -0.05) is 72.8 Å². The van der Waals surface area contributed by atoms with Crippen molar-refractivity contribution in [3.05, 3.63) is 168 Å². The van der Waals surface area contributed by atoms with Crippen LogP contribution < -0.4 is 14.5 Å². The summed E-state index contributed by atoms with van der Waals surface area (Å²) in [7, 11) is 9.79. The third-order valence-electron chi connectivity index (χ3n) is 10.6. The largest absolute Gasteiger partial charge is 0.465 e. The number of amides is 1. The fourth-order valence-corrected chi connectivity index (χ4v) is 7.36. The molecule has 1 aliphatic carbocycles. The summed E-state index contributed by atoms with van der Waals surface area (Å²) in [5, 5.41) is 10.6. The number of ether oxygens (including phenoxy) is 1. The van der Waals surface area contributed by atoms with E-state index in [4.69, 9.17) is 9.15 Å². The van der Waals surface area contributed by atoms with Gasteiger partial charge in [-0.2, -0.15) is 0 Å². The minimum absolute atomic E-state index is 0. The predicted molar refractivity (Wildman–Crippen MR) is 238 cm³/mol. The van der Waals surface area contributed by atoms with Gasteiger partial charge in [-0.3, -0.25) is 0 Å². The zero-order chi connectivity index (χ0) is 39.2. The molecule has 1 aliphatic heterocycles. The van der Waals surface area contributed by atoms with E-state index >= 15 is 0 Å². The van der Waals surface area contributed by atoms with Gasteiger partial charge in [0, 0.05) is 109 Å². The predicted octanol–water partition coefficient (Wildman–Crippen LogP) is 12.3. The Kier molecular flexibility index (Phi) is 15.1. The van der Waals surface area contributed by atoms with Gasteiger partial charge in [0.05, 0.1) is 23.1 Å². The van der Waals surface area contributed by atoms with Crippen LogP contribution in [0.3, 0.4) is 0 Å². The maximum atomic E-state index is 11.7. The van der Waals surface area contributed by atoms with E-state index in [-0.39, 0.29) is 40.1 Å². The quantitative estimate of drug-likeness (QED) is 0.105. The Morgan fingerprint density at radius 2 is 1.47 bits per heavy atom. The van der Waals surface area contributed by atoms with Crippen molar-refractivity contribution in [2.75, 3.05) is 51.6 Å². The zero-order valence-corrected chi connectivity index (χ0v) is 37.4. The van der Waals surface area contributed by atoms with E-state index < -0.39 is 6.09 Å². The van der Waals surface area contributed by atoms with Crippen molar-refractivity contribution in [1.29, 1.82) is 0 Å². The minimum Gasteiger partial charge on any atom is -0.465 e. The van der Waals surface area contributed by atoms with E-state index in [1.54, 1.807) is 7.05 Å². The third kappa shape index (κ3) is 10.2. The first-order valence-corrected chi connectivity index (χ1v) is 19.3. The second-order valence-corrected chi connectivity index (χ2v) is 14.9. The summed E-state index contributed by atoms with van der Waals surface area (Å²) in [5.74, 6) is 2.46. The van der Waals surface area contributed by atoms with E-state index in [9.17, 15) is 9.90 Å². The summed E-state index contributed by atoms with van der Waals surface area (Å²) in [5.41, 5.74) is 12.1. The first-order chi connectivity index (χ1) is 27.1. The molecule has 1 radical (unpaired) electrons. The Morgan fingerprint density at radius 3 is 2.16 bits per heavy atom. The topological polar surface area (TPSA) is 67.5 Å². The number of hydrogen-bond donors (Lipinski definition) is 1. The van der Waals surface area contributed by atoms with Gasteiger partial charge in [0.2, 0.25) is 0 Å². The smallest absolute Gasteiger partial charge is 0.407 e. The van der Waals surface area contributed by atoms with Crippen LogP contribution in [0.2, 0.25) is 0 Å². The van der Waals surface area contributed by atoms with Crippen molar-refractivity contribution >= 4 is 45.8 Å². The number of hydrogen-bond acceptors (Lipinski definition) is 4. The summed E-state index contributed by atoms with van der Waals surface area (Å²) in [6.45, 7) is 0.464. The normalized spacial score (nSPS) is 15.0. The average Bonchev–Trinajstić information content (AvgIpc) is 3.22. The number of anilines is 2. The summed E-state index contributed by atoms with van der Waals surface area (Å²) < 4.78 is 13.0. The second-order valence-electron chi connectivity index (χ2n) is 14.9. The molecule has 0 saturated heterocycles. The number of carbonyl (C=O) groups is 1. The number of fused-ring (bicyclic) bond motifs is 2. The van der Waals surface area contributed by atoms with Crippen molar-refractivity contribution in [1.82, 2.24) is 4.90 Å². The molecule has 0 saturated carbocycles. The van der Waals surface area contributed by atoms with Crippen molar-refractivity contribution in [3.63, 3.8) is 0 Å². The van der Waals surface area contributed by atoms with Gasteiger partial charge in [0.15, 0.2) is 0 Å². The molecule has 0 atom stereocenters. The van der Waals surface area contributed by atoms with E-state index in [1.807, 2.05) is 64.6 Å². The number of carboxylic acid groups (broad SMARTS) is 1. The SMILES string of the molecule is CN(CCCC1=C(/C=C/c2cc(-c3ccccc3)[o+]c3cc(N(C)C)ccc23)CCC/C1=C\C=C1/C=C(c2ccccc2)Oc2cc(N(C)C)ccc21)C(=O)O.[CH3-].[Y]. The van der Waals surface area contributed by atoms with Gasteiger partial charge in [0.25, 0.3) is 0 Å². The molecule has 295 valence electrons. The summed E-state index contributed by atoms with van der Waals surface area (Å²) >= 11 is 0. The van der Waals surface area contributed by atoms with E-state index in [0.29, 0.717) is 6.54 Å². The molecule has 0 spiro atoms. The Hall–Kier alpha value is -5.24. The van der Waals surface area contributed by atoms with E-state index in [2.05, 4.69) is 107 Å². The summed E-state index contributed by atoms with van der Waals surface area (Å²) in [6.07, 6.45) is 14.7. The molecule has 7 rings (SSSR count). The van der Waals surface area contributed by atoms with Crippen molar-refractivity contribution < 1.29 is 51.8 Å². The minimum atomic E-state index is -0.909. The van der Waals surface area contributed by atoms with Gasteiger partial charge < -0.3 is 32.0 Å². The monoisotopic (exact) mass is 848 g/mol. The fraction of sp³-hybridized carbons (Fsp3) is 0.220. The van der Waals surface area contributed by atoms with Gasteiger partial charge in [-0.25, -0.2) is 9.21 Å². The van der Waals surface area contributed by atoms with Gasteiger partial charge >= 0.3 is 17.4 Å². The maximum Gasteiger partial charge on any atom is 0.407 e. The average molecular weight is 849 g/mol. The van der Waals surface area contributed by atoms with Crippen LogP contribution in [0.1, 0.15) is 48.8 Å². The van der Waals surface area contributed by atoms with Crippen LogP contribution in [-0.2, 0) is 32.7 Å². The zero-order valence-electron chi connectivity index (χ0n) is 34.5. The first-order valence-electron chi connectivity index (χ1n) is 19.3. The van der Waals surface area contributed by atoms with Gasteiger partial charge in [-0.05, 0) is 96.9 Å². The standard InChI is InChI=1S/C49H49N3O4.CH3.Y/c1-50(2)40-25-27-43-38(30-45(55-47(43)32-40)36-14-8-6-9-15-36)23-21-34-18-12-19-35(42(34)20-13-29-52(5)49(53)54)22-24-39-31-46(37-16-10-7-11-17-37)56-48-33-41(51(3)4)26-28-44(39)48;;/h6-11,14-17,21-28,30-33H,12-13,18-20,29H2,1-5H3;1H3;/q;-1;/p+1. The second kappa shape index (κ2) is 20.0. The molecule has 1 aromatic heterocycles. The fourth-order valence-electron chi connectivity index (χ4n) is 7.36. The molecule has 58 heavy (non-hydrogen) atoms. The maximum absolute atomic E-state index is 11.7. The van der Waals surface area contributed by atoms with E-state index in [0.717, 1.165) is 99.5 Å². The molecule has 0 bridgehead atoms. The third-order valence-corrected chi connectivity index (χ3v) is 10.6. The Balaban J connectivity index is 0.00000320. The number of allylic oxidation sites excluding steroid dienone is 8. The molecule has 7 nitrogen and oxygen atoms in total. The molecule has 8 heteroatoms. The molecule has 2 heterocycles. The van der Waals surface area contributed by atoms with Crippen LogP contribution >= 0.6 is 0 Å². The number of benzene rings is 4. The molecule has 0 fully saturated rings. The van der Waals surface area contributed by atoms with Crippen LogP contribution in [0.15, 0.2) is 149 Å². The van der Waals surface area contributed by atoms with Crippen molar-refractivity contribution in [3.8, 4) is 17.1 Å². The van der Waals surface area contributed by atoms with Crippen LogP contribution in [-0.4, -0.2) is 57.9 Å². The Bertz CT molecular complexity index is 2390. The molecule has 4 aromatic carbocycles. The first kappa shape index (κ1) is 43.9. The van der Waals surface area contributed by atoms with Gasteiger partial charge in [-0.15, -0.1) is 0 Å². The molecular weight excluding hydrogens is 795 g/mol. The molecule has 2 aliphatic rings. The Labute approximate surface area is 369 Å². The van der Waals surface area contributed by atoms with Crippen LogP contribution in [0.25, 0.3) is 39.7 Å². The van der Waals surface area contributed by atoms with Crippen LogP contribution in [0.5, 0.6) is 5.75 Å². The van der Waals surface area contributed by atoms with Crippen molar-refractivity contribution in [2.45, 2.75) is 32.1 Å². The summed E-state index contributed by atoms with van der Waals surface area (Å²) in [6, 6.07) is 35.3. The Morgan fingerprint density at radius 1 is 0.793 bits per heavy atom. The number of nitrogens with zero attached hydrogens (tertiary/aromatic N) is 3. The molecular formula is C50H53N3O4Y. The van der Waals surface area contributed by atoms with Crippen LogP contribution in [0, 0.1) is 7.43 Å². The van der Waals surface area contributed by atoms with Gasteiger partial charge in [0.1, 0.15) is 11.5 Å². The molecule has 1 N–H and O–H groups in total. The van der Waals surface area contributed by atoms with E-state index in [1.165, 1.54) is 21.6 Å². The number of rotatable bonds is 11. The molecule has 5 aromatic rings. The molecule has 0 unspecified atom stereocenters. The summed E-state index contributed by atoms with van der Waals surface area (Å²) in [4.78, 5) is 17.2. The molecule has 1 amide bonds.